The zero-order valence-electron chi connectivity index (χ0n) is 14.9. The number of nitrogens with zero attached hydrogens (tertiary/aromatic N) is 6. The molecule has 0 unspecified atom stereocenters. The largest absolute Gasteiger partial charge is 0.361 e. The Labute approximate surface area is 155 Å². The van der Waals surface area contributed by atoms with Gasteiger partial charge in [0.15, 0.2) is 5.82 Å². The topological polar surface area (TPSA) is 103 Å². The fourth-order valence-corrected chi connectivity index (χ4v) is 2.53. The number of aromatic nitrogens is 6. The van der Waals surface area contributed by atoms with Gasteiger partial charge in [0, 0.05) is 47.2 Å². The van der Waals surface area contributed by atoms with Gasteiger partial charge in [-0.25, -0.2) is 9.97 Å². The number of hydrogen-bond donors (Lipinski definition) is 1. The standard InChI is InChI=1S/C19H17N7O/c1-12-13(2)23-18(15-4-3-7-21-10-15)25-17(12)22-11-16-24-19(26-27-16)14-5-8-20-9-6-14/h3-10H,11H2,1-2H3,(H,22,23,25). The van der Waals surface area contributed by atoms with Crippen molar-refractivity contribution in [2.24, 2.45) is 0 Å². The number of hydrogen-bond acceptors (Lipinski definition) is 8. The van der Waals surface area contributed by atoms with E-state index in [2.05, 4.69) is 35.4 Å². The smallest absolute Gasteiger partial charge is 0.246 e. The van der Waals surface area contributed by atoms with Crippen molar-refractivity contribution in [1.29, 1.82) is 0 Å². The molecule has 1 N–H and O–H groups in total. The van der Waals surface area contributed by atoms with Crippen LogP contribution in [0.3, 0.4) is 0 Å². The van der Waals surface area contributed by atoms with Gasteiger partial charge in [-0.3, -0.25) is 9.97 Å². The lowest BCUT2D eigenvalue weighted by molar-refractivity contribution is 0.384. The molecule has 0 bridgehead atoms. The average molecular weight is 359 g/mol. The summed E-state index contributed by atoms with van der Waals surface area (Å²) < 4.78 is 5.33. The Morgan fingerprint density at radius 3 is 2.52 bits per heavy atom. The summed E-state index contributed by atoms with van der Waals surface area (Å²) in [4.78, 5) is 21.7. The molecule has 0 aliphatic carbocycles. The van der Waals surface area contributed by atoms with E-state index in [1.807, 2.05) is 38.1 Å². The molecule has 0 amide bonds. The Morgan fingerprint density at radius 1 is 0.889 bits per heavy atom. The van der Waals surface area contributed by atoms with Crippen molar-refractivity contribution in [3.05, 3.63) is 66.2 Å². The van der Waals surface area contributed by atoms with E-state index in [9.17, 15) is 0 Å². The number of pyridine rings is 2. The van der Waals surface area contributed by atoms with Crippen molar-refractivity contribution in [3.63, 3.8) is 0 Å². The van der Waals surface area contributed by atoms with E-state index >= 15 is 0 Å². The monoisotopic (exact) mass is 359 g/mol. The summed E-state index contributed by atoms with van der Waals surface area (Å²) in [6, 6.07) is 7.46. The first kappa shape index (κ1) is 16.8. The quantitative estimate of drug-likeness (QED) is 0.579. The van der Waals surface area contributed by atoms with Crippen molar-refractivity contribution in [3.8, 4) is 22.8 Å². The fourth-order valence-electron chi connectivity index (χ4n) is 2.53. The first-order valence-corrected chi connectivity index (χ1v) is 8.43. The highest BCUT2D eigenvalue weighted by atomic mass is 16.5. The maximum atomic E-state index is 5.33. The van der Waals surface area contributed by atoms with E-state index in [0.29, 0.717) is 24.1 Å². The first-order valence-electron chi connectivity index (χ1n) is 8.43. The fraction of sp³-hybridized carbons (Fsp3) is 0.158. The van der Waals surface area contributed by atoms with Crippen LogP contribution in [0, 0.1) is 13.8 Å². The molecule has 8 heteroatoms. The van der Waals surface area contributed by atoms with Crippen LogP contribution < -0.4 is 5.32 Å². The highest BCUT2D eigenvalue weighted by Gasteiger charge is 2.12. The van der Waals surface area contributed by atoms with Crippen LogP contribution in [-0.4, -0.2) is 30.1 Å². The lowest BCUT2D eigenvalue weighted by Crippen LogP contribution is -2.07. The second-order valence-corrected chi connectivity index (χ2v) is 5.95. The summed E-state index contributed by atoms with van der Waals surface area (Å²) in [7, 11) is 0. The van der Waals surface area contributed by atoms with E-state index in [-0.39, 0.29) is 0 Å². The van der Waals surface area contributed by atoms with E-state index in [1.54, 1.807) is 24.8 Å². The molecule has 0 radical (unpaired) electrons. The van der Waals surface area contributed by atoms with Gasteiger partial charge in [-0.15, -0.1) is 0 Å². The van der Waals surface area contributed by atoms with Crippen molar-refractivity contribution in [2.45, 2.75) is 20.4 Å². The van der Waals surface area contributed by atoms with Gasteiger partial charge in [0.1, 0.15) is 5.82 Å². The number of rotatable bonds is 5. The minimum Gasteiger partial charge on any atom is -0.361 e. The molecule has 4 heterocycles. The summed E-state index contributed by atoms with van der Waals surface area (Å²) in [5.41, 5.74) is 3.58. The van der Waals surface area contributed by atoms with Crippen molar-refractivity contribution < 1.29 is 4.52 Å². The van der Waals surface area contributed by atoms with Crippen molar-refractivity contribution >= 4 is 5.82 Å². The van der Waals surface area contributed by atoms with Crippen LogP contribution in [0.25, 0.3) is 22.8 Å². The second kappa shape index (κ2) is 7.28. The van der Waals surface area contributed by atoms with Crippen LogP contribution in [0.2, 0.25) is 0 Å². The van der Waals surface area contributed by atoms with E-state index in [4.69, 9.17) is 4.52 Å². The van der Waals surface area contributed by atoms with E-state index in [0.717, 1.165) is 28.2 Å². The summed E-state index contributed by atoms with van der Waals surface area (Å²) in [5, 5.41) is 7.27. The van der Waals surface area contributed by atoms with E-state index in [1.165, 1.54) is 0 Å². The minimum absolute atomic E-state index is 0.363. The Morgan fingerprint density at radius 2 is 1.74 bits per heavy atom. The minimum atomic E-state index is 0.363. The normalized spacial score (nSPS) is 10.7. The van der Waals surface area contributed by atoms with Crippen molar-refractivity contribution in [2.75, 3.05) is 5.32 Å². The molecule has 0 aliphatic heterocycles. The van der Waals surface area contributed by atoms with Gasteiger partial charge in [-0.1, -0.05) is 5.16 Å². The predicted octanol–water partition coefficient (Wildman–Crippen LogP) is 3.21. The highest BCUT2D eigenvalue weighted by molar-refractivity contribution is 5.58. The molecule has 0 spiro atoms. The maximum absolute atomic E-state index is 5.33. The summed E-state index contributed by atoms with van der Waals surface area (Å²) in [5.74, 6) is 2.35. The maximum Gasteiger partial charge on any atom is 0.246 e. The Hall–Kier alpha value is -3.68. The molecule has 0 fully saturated rings. The Balaban J connectivity index is 1.55. The first-order chi connectivity index (χ1) is 13.2. The van der Waals surface area contributed by atoms with Gasteiger partial charge >= 0.3 is 0 Å². The molecular formula is C19H17N7O. The van der Waals surface area contributed by atoms with Gasteiger partial charge in [0.2, 0.25) is 11.7 Å². The van der Waals surface area contributed by atoms with Crippen LogP contribution in [0.5, 0.6) is 0 Å². The number of nitrogens with one attached hydrogen (secondary N) is 1. The van der Waals surface area contributed by atoms with Crippen LogP contribution in [0.4, 0.5) is 5.82 Å². The lowest BCUT2D eigenvalue weighted by atomic mass is 10.2. The van der Waals surface area contributed by atoms with Crippen LogP contribution >= 0.6 is 0 Å². The number of anilines is 1. The third-order valence-electron chi connectivity index (χ3n) is 4.12. The molecule has 4 rings (SSSR count). The highest BCUT2D eigenvalue weighted by Crippen LogP contribution is 2.22. The molecule has 8 nitrogen and oxygen atoms in total. The molecule has 134 valence electrons. The average Bonchev–Trinajstić information content (AvgIpc) is 3.19. The van der Waals surface area contributed by atoms with Gasteiger partial charge in [0.05, 0.1) is 6.54 Å². The molecule has 4 aromatic rings. The van der Waals surface area contributed by atoms with E-state index < -0.39 is 0 Å². The van der Waals surface area contributed by atoms with Crippen LogP contribution in [-0.2, 0) is 6.54 Å². The molecule has 0 aliphatic rings. The lowest BCUT2D eigenvalue weighted by Gasteiger charge is -2.11. The van der Waals surface area contributed by atoms with Gasteiger partial charge in [-0.05, 0) is 38.1 Å². The predicted molar refractivity (Wildman–Crippen MR) is 99.6 cm³/mol. The molecule has 27 heavy (non-hydrogen) atoms. The second-order valence-electron chi connectivity index (χ2n) is 5.95. The third kappa shape index (κ3) is 3.64. The summed E-state index contributed by atoms with van der Waals surface area (Å²) in [6.45, 7) is 4.29. The third-order valence-corrected chi connectivity index (χ3v) is 4.12. The molecule has 0 aromatic carbocycles. The molecule has 4 aromatic heterocycles. The van der Waals surface area contributed by atoms with Crippen LogP contribution in [0.15, 0.2) is 53.6 Å². The van der Waals surface area contributed by atoms with Crippen LogP contribution in [0.1, 0.15) is 17.1 Å². The Kier molecular flexibility index (Phi) is 4.52. The number of aryl methyl sites for hydroxylation is 1. The molecular weight excluding hydrogens is 342 g/mol. The molecule has 0 saturated carbocycles. The zero-order chi connectivity index (χ0) is 18.6. The van der Waals surface area contributed by atoms with Gasteiger partial charge in [0.25, 0.3) is 0 Å². The molecule has 0 atom stereocenters. The van der Waals surface area contributed by atoms with Gasteiger partial charge < -0.3 is 9.84 Å². The summed E-state index contributed by atoms with van der Waals surface area (Å²) in [6.07, 6.45) is 6.85. The van der Waals surface area contributed by atoms with Gasteiger partial charge in [-0.2, -0.15) is 4.98 Å². The summed E-state index contributed by atoms with van der Waals surface area (Å²) >= 11 is 0. The molecule has 0 saturated heterocycles. The SMILES string of the molecule is Cc1nc(-c2cccnc2)nc(NCc2nc(-c3ccncc3)no2)c1C. The zero-order valence-corrected chi connectivity index (χ0v) is 14.9. The van der Waals surface area contributed by atoms with Crippen molar-refractivity contribution in [1.82, 2.24) is 30.1 Å². The Bertz CT molecular complexity index is 1050.